The van der Waals surface area contributed by atoms with Gasteiger partial charge in [0, 0.05) is 25.5 Å². The van der Waals surface area contributed by atoms with Crippen molar-refractivity contribution in [3.63, 3.8) is 0 Å². The molecule has 0 bridgehead atoms. The van der Waals surface area contributed by atoms with Crippen LogP contribution in [0, 0.1) is 0 Å². The number of fused-ring (bicyclic) bond motifs is 1. The fourth-order valence-corrected chi connectivity index (χ4v) is 2.76. The van der Waals surface area contributed by atoms with E-state index in [1.54, 1.807) is 18.2 Å². The summed E-state index contributed by atoms with van der Waals surface area (Å²) in [6.45, 7) is 1.89. The summed E-state index contributed by atoms with van der Waals surface area (Å²) in [5.74, 6) is 2.29. The van der Waals surface area contributed by atoms with Crippen LogP contribution in [0.15, 0.2) is 54.9 Å². The maximum absolute atomic E-state index is 12.4. The number of aromatic nitrogens is 3. The minimum atomic E-state index is -0.201. The van der Waals surface area contributed by atoms with Crippen LogP contribution in [0.1, 0.15) is 10.4 Å². The van der Waals surface area contributed by atoms with Crippen LogP contribution in [-0.2, 0) is 0 Å². The van der Waals surface area contributed by atoms with Gasteiger partial charge in [-0.3, -0.25) is 4.79 Å². The highest BCUT2D eigenvalue weighted by atomic mass is 16.6. The maximum Gasteiger partial charge on any atom is 0.255 e. The van der Waals surface area contributed by atoms with Crippen LogP contribution in [0.5, 0.6) is 11.5 Å². The summed E-state index contributed by atoms with van der Waals surface area (Å²) in [5, 5.41) is 14.3. The molecule has 138 valence electrons. The van der Waals surface area contributed by atoms with Crippen molar-refractivity contribution in [3.8, 4) is 17.3 Å². The predicted octanol–water partition coefficient (Wildman–Crippen LogP) is 1.88. The van der Waals surface area contributed by atoms with Gasteiger partial charge in [-0.25, -0.2) is 0 Å². The van der Waals surface area contributed by atoms with E-state index < -0.39 is 0 Å². The first-order valence-corrected chi connectivity index (χ1v) is 8.69. The van der Waals surface area contributed by atoms with Gasteiger partial charge in [0.15, 0.2) is 17.3 Å². The Morgan fingerprint density at radius 3 is 2.67 bits per heavy atom. The van der Waals surface area contributed by atoms with Crippen molar-refractivity contribution in [1.29, 1.82) is 0 Å². The third-order valence-corrected chi connectivity index (χ3v) is 4.05. The molecule has 2 aromatic heterocycles. The fourth-order valence-electron chi connectivity index (χ4n) is 2.76. The van der Waals surface area contributed by atoms with Crippen molar-refractivity contribution in [1.82, 2.24) is 20.1 Å². The number of benzene rings is 1. The lowest BCUT2D eigenvalue weighted by Gasteiger charge is -2.20. The van der Waals surface area contributed by atoms with Crippen molar-refractivity contribution in [2.24, 2.45) is 0 Å². The molecular formula is C19H19N5O3. The van der Waals surface area contributed by atoms with Crippen LogP contribution in [-0.4, -0.2) is 47.0 Å². The van der Waals surface area contributed by atoms with E-state index in [0.29, 0.717) is 49.2 Å². The minimum Gasteiger partial charge on any atom is -0.486 e. The minimum absolute atomic E-state index is 0.201. The van der Waals surface area contributed by atoms with Crippen LogP contribution in [0.25, 0.3) is 5.82 Å². The van der Waals surface area contributed by atoms with E-state index in [4.69, 9.17) is 9.47 Å². The zero-order chi connectivity index (χ0) is 18.5. The second-order valence-corrected chi connectivity index (χ2v) is 5.88. The molecule has 2 N–H and O–H groups in total. The second-order valence-electron chi connectivity index (χ2n) is 5.88. The average Bonchev–Trinajstić information content (AvgIpc) is 3.26. The molecule has 0 saturated heterocycles. The van der Waals surface area contributed by atoms with Crippen LogP contribution >= 0.6 is 0 Å². The first-order valence-electron chi connectivity index (χ1n) is 8.69. The second kappa shape index (κ2) is 7.77. The molecule has 0 aliphatic carbocycles. The summed E-state index contributed by atoms with van der Waals surface area (Å²) in [7, 11) is 0. The highest BCUT2D eigenvalue weighted by Gasteiger charge is 2.19. The zero-order valence-electron chi connectivity index (χ0n) is 14.6. The van der Waals surface area contributed by atoms with E-state index >= 15 is 0 Å². The Labute approximate surface area is 156 Å². The van der Waals surface area contributed by atoms with Crippen molar-refractivity contribution in [2.45, 2.75) is 0 Å². The number of carbonyl (C=O) groups is 1. The van der Waals surface area contributed by atoms with Gasteiger partial charge in [-0.05, 0) is 36.4 Å². The fraction of sp³-hybridized carbons (Fsp3) is 0.211. The number of nitrogens with zero attached hydrogens (tertiary/aromatic N) is 3. The first-order chi connectivity index (χ1) is 13.3. The molecule has 0 saturated carbocycles. The number of para-hydroxylation sites is 1. The first kappa shape index (κ1) is 16.9. The average molecular weight is 365 g/mol. The van der Waals surface area contributed by atoms with Gasteiger partial charge in [-0.1, -0.05) is 6.07 Å². The highest BCUT2D eigenvalue weighted by molar-refractivity contribution is 5.97. The summed E-state index contributed by atoms with van der Waals surface area (Å²) in [6, 6.07) is 12.9. The van der Waals surface area contributed by atoms with E-state index in [0.717, 1.165) is 5.82 Å². The molecule has 0 spiro atoms. The lowest BCUT2D eigenvalue weighted by molar-refractivity contribution is 0.0944. The summed E-state index contributed by atoms with van der Waals surface area (Å²) in [6.07, 6.45) is 3.81. The number of anilines is 1. The van der Waals surface area contributed by atoms with Gasteiger partial charge in [0.2, 0.25) is 0 Å². The molecule has 0 atom stereocenters. The largest absolute Gasteiger partial charge is 0.486 e. The third kappa shape index (κ3) is 3.84. The smallest absolute Gasteiger partial charge is 0.255 e. The standard InChI is InChI=1S/C19H19N5O3/c25-19(14-4-3-5-15-18(14)27-13-12-26-15)21-9-8-20-16-6-7-17(23-22-16)24-10-1-2-11-24/h1-7,10-11H,8-9,12-13H2,(H,20,22)(H,21,25). The summed E-state index contributed by atoms with van der Waals surface area (Å²) in [5.41, 5.74) is 0.475. The van der Waals surface area contributed by atoms with Gasteiger partial charge in [0.1, 0.15) is 19.0 Å². The number of hydrogen-bond donors (Lipinski definition) is 2. The lowest BCUT2D eigenvalue weighted by Crippen LogP contribution is -2.30. The van der Waals surface area contributed by atoms with Gasteiger partial charge in [0.05, 0.1) is 5.56 Å². The number of hydrogen-bond acceptors (Lipinski definition) is 6. The molecule has 1 aliphatic rings. The van der Waals surface area contributed by atoms with Crippen LogP contribution in [0.3, 0.4) is 0 Å². The van der Waals surface area contributed by atoms with Gasteiger partial charge in [-0.15, -0.1) is 10.2 Å². The van der Waals surface area contributed by atoms with Gasteiger partial charge >= 0.3 is 0 Å². The number of carbonyl (C=O) groups excluding carboxylic acids is 1. The zero-order valence-corrected chi connectivity index (χ0v) is 14.6. The molecule has 8 nitrogen and oxygen atoms in total. The van der Waals surface area contributed by atoms with Crippen LogP contribution in [0.4, 0.5) is 5.82 Å². The molecule has 1 amide bonds. The topological polar surface area (TPSA) is 90.3 Å². The van der Waals surface area contributed by atoms with Gasteiger partial charge < -0.3 is 24.7 Å². The molecule has 3 aromatic rings. The van der Waals surface area contributed by atoms with E-state index in [2.05, 4.69) is 20.8 Å². The molecule has 0 radical (unpaired) electrons. The SMILES string of the molecule is O=C(NCCNc1ccc(-n2cccc2)nn1)c1cccc2c1OCCO2. The van der Waals surface area contributed by atoms with E-state index in [9.17, 15) is 4.79 Å². The molecule has 8 heteroatoms. The Morgan fingerprint density at radius 1 is 1.00 bits per heavy atom. The molecular weight excluding hydrogens is 346 g/mol. The van der Waals surface area contributed by atoms with Gasteiger partial charge in [-0.2, -0.15) is 0 Å². The Bertz CT molecular complexity index is 910. The van der Waals surface area contributed by atoms with Crippen molar-refractivity contribution in [2.75, 3.05) is 31.6 Å². The van der Waals surface area contributed by atoms with Crippen LogP contribution in [0.2, 0.25) is 0 Å². The third-order valence-electron chi connectivity index (χ3n) is 4.05. The molecule has 27 heavy (non-hydrogen) atoms. The molecule has 0 unspecified atom stereocenters. The number of ether oxygens (including phenoxy) is 2. The highest BCUT2D eigenvalue weighted by Crippen LogP contribution is 2.33. The van der Waals surface area contributed by atoms with Gasteiger partial charge in [0.25, 0.3) is 5.91 Å². The maximum atomic E-state index is 12.4. The molecule has 3 heterocycles. The summed E-state index contributed by atoms with van der Waals surface area (Å²) in [4.78, 5) is 12.4. The lowest BCUT2D eigenvalue weighted by atomic mass is 10.1. The van der Waals surface area contributed by atoms with Crippen molar-refractivity contribution in [3.05, 3.63) is 60.4 Å². The van der Waals surface area contributed by atoms with Crippen LogP contribution < -0.4 is 20.1 Å². The summed E-state index contributed by atoms with van der Waals surface area (Å²) < 4.78 is 12.9. The Morgan fingerprint density at radius 2 is 1.85 bits per heavy atom. The Hall–Kier alpha value is -3.55. The molecule has 1 aromatic carbocycles. The molecule has 0 fully saturated rings. The van der Waals surface area contributed by atoms with E-state index in [1.807, 2.05) is 41.2 Å². The predicted molar refractivity (Wildman–Crippen MR) is 99.6 cm³/mol. The number of rotatable bonds is 6. The van der Waals surface area contributed by atoms with E-state index in [1.165, 1.54) is 0 Å². The molecule has 1 aliphatic heterocycles. The quantitative estimate of drug-likeness (QED) is 0.648. The Balaban J connectivity index is 1.28. The van der Waals surface area contributed by atoms with Crippen molar-refractivity contribution < 1.29 is 14.3 Å². The Kier molecular flexibility index (Phi) is 4.86. The van der Waals surface area contributed by atoms with Crippen molar-refractivity contribution >= 4 is 11.7 Å². The normalized spacial score (nSPS) is 12.4. The summed E-state index contributed by atoms with van der Waals surface area (Å²) >= 11 is 0. The number of nitrogens with one attached hydrogen (secondary N) is 2. The molecule has 4 rings (SSSR count). The van der Waals surface area contributed by atoms with E-state index in [-0.39, 0.29) is 5.91 Å². The monoisotopic (exact) mass is 365 g/mol. The number of amides is 1.